The van der Waals surface area contributed by atoms with Gasteiger partial charge < -0.3 is 15.4 Å². The molecule has 0 unspecified atom stereocenters. The minimum absolute atomic E-state index is 0.130. The van der Waals surface area contributed by atoms with Crippen LogP contribution in [0, 0.1) is 0 Å². The summed E-state index contributed by atoms with van der Waals surface area (Å²) in [5.41, 5.74) is 2.16. The fourth-order valence-electron chi connectivity index (χ4n) is 3.32. The van der Waals surface area contributed by atoms with Crippen molar-refractivity contribution in [2.45, 2.75) is 24.3 Å². The average molecular weight is 458 g/mol. The number of anilines is 1. The van der Waals surface area contributed by atoms with Crippen LogP contribution >= 0.6 is 0 Å². The third-order valence-corrected chi connectivity index (χ3v) is 7.08. The van der Waals surface area contributed by atoms with Gasteiger partial charge in [-0.1, -0.05) is 36.9 Å². The van der Waals surface area contributed by atoms with Crippen LogP contribution < -0.4 is 10.6 Å². The monoisotopic (exact) mass is 457 g/mol. The molecule has 3 rings (SSSR count). The molecule has 0 atom stereocenters. The Labute approximate surface area is 188 Å². The maximum absolute atomic E-state index is 13.0. The smallest absolute Gasteiger partial charge is 0.247 e. The van der Waals surface area contributed by atoms with E-state index in [1.165, 1.54) is 10.4 Å². The molecule has 170 valence electrons. The summed E-state index contributed by atoms with van der Waals surface area (Å²) in [7, 11) is -3.64. The van der Waals surface area contributed by atoms with Gasteiger partial charge in [0, 0.05) is 31.7 Å². The van der Waals surface area contributed by atoms with Crippen LogP contribution in [-0.4, -0.2) is 50.8 Å². The minimum atomic E-state index is -3.64. The lowest BCUT2D eigenvalue weighted by Gasteiger charge is -2.27. The lowest BCUT2D eigenvalue weighted by Crippen LogP contribution is -2.41. The van der Waals surface area contributed by atoms with Crippen LogP contribution in [0.5, 0.6) is 0 Å². The van der Waals surface area contributed by atoms with Gasteiger partial charge in [0.2, 0.25) is 21.8 Å². The number of carbonyl (C=O) groups excluding carboxylic acids is 2. The maximum Gasteiger partial charge on any atom is 0.247 e. The number of nitrogens with zero attached hydrogens (tertiary/aromatic N) is 1. The quantitative estimate of drug-likeness (QED) is 0.561. The van der Waals surface area contributed by atoms with E-state index in [0.29, 0.717) is 44.0 Å². The molecule has 32 heavy (non-hydrogen) atoms. The van der Waals surface area contributed by atoms with Crippen molar-refractivity contribution in [1.29, 1.82) is 0 Å². The third kappa shape index (κ3) is 6.25. The third-order valence-electron chi connectivity index (χ3n) is 5.08. The van der Waals surface area contributed by atoms with Gasteiger partial charge >= 0.3 is 0 Å². The van der Waals surface area contributed by atoms with Crippen molar-refractivity contribution in [3.05, 3.63) is 72.3 Å². The van der Waals surface area contributed by atoms with Crippen LogP contribution in [-0.2, 0) is 37.3 Å². The van der Waals surface area contributed by atoms with Crippen LogP contribution in [0.4, 0.5) is 5.69 Å². The lowest BCUT2D eigenvalue weighted by molar-refractivity contribution is -0.121. The van der Waals surface area contributed by atoms with Gasteiger partial charge in [-0.15, -0.1) is 0 Å². The molecule has 1 fully saturated rings. The number of benzene rings is 2. The van der Waals surface area contributed by atoms with Crippen molar-refractivity contribution < 1.29 is 22.7 Å². The number of aryl methyl sites for hydroxylation is 1. The van der Waals surface area contributed by atoms with Crippen LogP contribution in [0.2, 0.25) is 0 Å². The van der Waals surface area contributed by atoms with Crippen molar-refractivity contribution in [1.82, 2.24) is 9.62 Å². The molecule has 1 aliphatic heterocycles. The van der Waals surface area contributed by atoms with Crippen molar-refractivity contribution in [2.75, 3.05) is 31.6 Å². The summed E-state index contributed by atoms with van der Waals surface area (Å²) in [6, 6.07) is 13.9. The normalized spacial score (nSPS) is 14.5. The van der Waals surface area contributed by atoms with Crippen molar-refractivity contribution in [3.8, 4) is 0 Å². The highest BCUT2D eigenvalue weighted by Gasteiger charge is 2.28. The molecule has 0 radical (unpaired) electrons. The predicted octanol–water partition coefficient (Wildman–Crippen LogP) is 2.08. The van der Waals surface area contributed by atoms with Crippen molar-refractivity contribution in [3.63, 3.8) is 0 Å². The van der Waals surface area contributed by atoms with Gasteiger partial charge in [-0.3, -0.25) is 9.59 Å². The SMILES string of the molecule is C=CC(=O)Nc1ccc(CCC(=O)NCc2ccccc2S(=O)(=O)N2CCOCC2)cc1. The van der Waals surface area contributed by atoms with E-state index in [2.05, 4.69) is 17.2 Å². The van der Waals surface area contributed by atoms with Gasteiger partial charge in [0.15, 0.2) is 0 Å². The molecule has 1 heterocycles. The van der Waals surface area contributed by atoms with E-state index in [9.17, 15) is 18.0 Å². The highest BCUT2D eigenvalue weighted by molar-refractivity contribution is 7.89. The van der Waals surface area contributed by atoms with Crippen LogP contribution in [0.3, 0.4) is 0 Å². The van der Waals surface area contributed by atoms with Gasteiger partial charge in [-0.05, 0) is 41.8 Å². The summed E-state index contributed by atoms with van der Waals surface area (Å²) < 4.78 is 32.7. The first-order valence-corrected chi connectivity index (χ1v) is 11.8. The lowest BCUT2D eigenvalue weighted by atomic mass is 10.1. The summed E-state index contributed by atoms with van der Waals surface area (Å²) >= 11 is 0. The standard InChI is InChI=1S/C23H27N3O5S/c1-2-22(27)25-20-10-7-18(8-11-20)9-12-23(28)24-17-19-5-3-4-6-21(19)32(29,30)26-13-15-31-16-14-26/h2-8,10-11H,1,9,12-17H2,(H,24,28)(H,25,27). The van der Waals surface area contributed by atoms with Gasteiger partial charge in [-0.2, -0.15) is 4.31 Å². The number of ether oxygens (including phenoxy) is 1. The summed E-state index contributed by atoms with van der Waals surface area (Å²) in [4.78, 5) is 23.9. The molecule has 2 N–H and O–H groups in total. The molecule has 0 bridgehead atoms. The van der Waals surface area contributed by atoms with E-state index < -0.39 is 10.0 Å². The van der Waals surface area contributed by atoms with E-state index in [-0.39, 0.29) is 29.7 Å². The molecule has 8 nitrogen and oxygen atoms in total. The zero-order valence-corrected chi connectivity index (χ0v) is 18.6. The van der Waals surface area contributed by atoms with Gasteiger partial charge in [0.1, 0.15) is 0 Å². The molecular formula is C23H27N3O5S. The Hall–Kier alpha value is -3.01. The number of hydrogen-bond acceptors (Lipinski definition) is 5. The van der Waals surface area contributed by atoms with Crippen LogP contribution in [0.25, 0.3) is 0 Å². The van der Waals surface area contributed by atoms with Crippen molar-refractivity contribution in [2.24, 2.45) is 0 Å². The molecular weight excluding hydrogens is 430 g/mol. The number of carbonyl (C=O) groups is 2. The number of rotatable bonds is 9. The molecule has 0 saturated carbocycles. The molecule has 0 spiro atoms. The first kappa shape index (κ1) is 23.6. The Morgan fingerprint density at radius 2 is 1.75 bits per heavy atom. The average Bonchev–Trinajstić information content (AvgIpc) is 2.83. The molecule has 1 saturated heterocycles. The topological polar surface area (TPSA) is 105 Å². The fraction of sp³-hybridized carbons (Fsp3) is 0.304. The highest BCUT2D eigenvalue weighted by atomic mass is 32.2. The van der Waals surface area contributed by atoms with Gasteiger partial charge in [0.25, 0.3) is 0 Å². The molecule has 0 aromatic heterocycles. The predicted molar refractivity (Wildman–Crippen MR) is 121 cm³/mol. The van der Waals surface area contributed by atoms with Gasteiger partial charge in [0.05, 0.1) is 18.1 Å². The highest BCUT2D eigenvalue weighted by Crippen LogP contribution is 2.21. The second-order valence-electron chi connectivity index (χ2n) is 7.29. The Morgan fingerprint density at radius 3 is 2.44 bits per heavy atom. The molecule has 2 amide bonds. The number of sulfonamides is 1. The van der Waals surface area contributed by atoms with Crippen LogP contribution in [0.15, 0.2) is 66.1 Å². The Kier molecular flexibility index (Phi) is 8.15. The number of amides is 2. The fourth-order valence-corrected chi connectivity index (χ4v) is 4.95. The van der Waals surface area contributed by atoms with E-state index in [4.69, 9.17) is 4.74 Å². The zero-order valence-electron chi connectivity index (χ0n) is 17.7. The minimum Gasteiger partial charge on any atom is -0.379 e. The second-order valence-corrected chi connectivity index (χ2v) is 9.20. The summed E-state index contributed by atoms with van der Waals surface area (Å²) in [5.74, 6) is -0.458. The largest absolute Gasteiger partial charge is 0.379 e. The van der Waals surface area contributed by atoms with Gasteiger partial charge in [-0.25, -0.2) is 8.42 Å². The molecule has 9 heteroatoms. The van der Waals surface area contributed by atoms with Crippen molar-refractivity contribution >= 4 is 27.5 Å². The second kappa shape index (κ2) is 11.0. The molecule has 2 aromatic rings. The first-order chi connectivity index (χ1) is 15.4. The van der Waals surface area contributed by atoms with Crippen LogP contribution in [0.1, 0.15) is 17.5 Å². The van der Waals surface area contributed by atoms with E-state index >= 15 is 0 Å². The summed E-state index contributed by atoms with van der Waals surface area (Å²) in [6.07, 6.45) is 1.98. The summed E-state index contributed by atoms with van der Waals surface area (Å²) in [5, 5.41) is 5.48. The first-order valence-electron chi connectivity index (χ1n) is 10.3. The Balaban J connectivity index is 1.55. The maximum atomic E-state index is 13.0. The van der Waals surface area contributed by atoms with E-state index in [1.807, 2.05) is 12.1 Å². The number of nitrogens with one attached hydrogen (secondary N) is 2. The molecule has 0 aliphatic carbocycles. The summed E-state index contributed by atoms with van der Waals surface area (Å²) in [6.45, 7) is 4.92. The van der Waals surface area contributed by atoms with E-state index in [0.717, 1.165) is 5.56 Å². The Morgan fingerprint density at radius 1 is 1.06 bits per heavy atom. The molecule has 1 aliphatic rings. The zero-order chi connectivity index (χ0) is 23.0. The van der Waals surface area contributed by atoms with E-state index in [1.54, 1.807) is 36.4 Å². The Bertz CT molecular complexity index is 1060. The number of morpholine rings is 1. The molecule has 2 aromatic carbocycles. The number of hydrogen-bond donors (Lipinski definition) is 2.